The van der Waals surface area contributed by atoms with E-state index in [1.807, 2.05) is 29.0 Å². The maximum atomic E-state index is 14.2. The molecule has 0 fully saturated rings. The second-order valence-electron chi connectivity index (χ2n) is 15.2. The summed E-state index contributed by atoms with van der Waals surface area (Å²) in [6, 6.07) is 1.38. The van der Waals surface area contributed by atoms with Crippen molar-refractivity contribution in [1.82, 2.24) is 4.98 Å². The summed E-state index contributed by atoms with van der Waals surface area (Å²) in [6.07, 6.45) is -49.6. The summed E-state index contributed by atoms with van der Waals surface area (Å²) in [6.45, 7) is 0.780. The van der Waals surface area contributed by atoms with Crippen LogP contribution in [0.3, 0.4) is 0 Å². The minimum Gasteiger partial charge on any atom is -0.250 e. The Hall–Kier alpha value is -6.15. The van der Waals surface area contributed by atoms with Crippen LogP contribution in [0.25, 0.3) is 0 Å². The van der Waals surface area contributed by atoms with Crippen molar-refractivity contribution < 1.29 is 110 Å². The number of hydrogen-bond acceptors (Lipinski definition) is 1. The summed E-state index contributed by atoms with van der Waals surface area (Å²) < 4.78 is 343. The van der Waals surface area contributed by atoms with E-state index in [2.05, 4.69) is 17.1 Å². The molecule has 0 saturated heterocycles. The van der Waals surface area contributed by atoms with E-state index in [0.29, 0.717) is 5.15 Å². The van der Waals surface area contributed by atoms with Crippen LogP contribution in [-0.2, 0) is 56.0 Å². The zero-order valence-electron chi connectivity index (χ0n) is 34.2. The standard InChI is InChI=1S/C32H12BF24.C11H10ClN2/c34-25(35,36)13-1-14(26(37,38)39)6-21(5-13)33(22-7-15(27(40,41)42)2-16(8-22)28(43,44)45,23-9-17(29(46,47)48)3-18(10-23)30(49,50)51)24-11-19(31(52,53)54)4-20(12-24)32(55,56)57;12-11-8-13-6-7-14(11)9-10-4-2-1-3-5-10/h1-12H;1-8H,9H2/q-1;+1. The predicted molar refractivity (Wildman–Crippen MR) is 205 cm³/mol. The third-order valence-corrected chi connectivity index (χ3v) is 10.7. The van der Waals surface area contributed by atoms with Crippen molar-refractivity contribution in [3.05, 3.63) is 177 Å². The SMILES string of the molecule is Clc1cncc[n+]1Cc1ccccc1.FC(F)(F)c1cc([B-](c2cc(C(F)(F)F)cc(C(F)(F)F)c2)(c2cc(C(F)(F)F)cc(C(F)(F)F)c2)c2cc(C(F)(F)F)cc(C(F)(F)F)c2)cc(C(F)(F)F)c1. The largest absolute Gasteiger partial charge is 0.416 e. The van der Waals surface area contributed by atoms with Gasteiger partial charge in [0.1, 0.15) is 12.3 Å². The molecule has 1 aromatic heterocycles. The van der Waals surface area contributed by atoms with E-state index >= 15 is 0 Å². The molecule has 71 heavy (non-hydrogen) atoms. The average molecular weight is 1070 g/mol. The number of rotatable bonds is 6. The molecule has 0 N–H and O–H groups in total. The van der Waals surface area contributed by atoms with Gasteiger partial charge in [-0.15, -0.1) is 0 Å². The molecule has 6 aromatic rings. The molecular formula is C43H22BClF24N2. The highest BCUT2D eigenvalue weighted by atomic mass is 35.5. The highest BCUT2D eigenvalue weighted by molar-refractivity contribution is 7.20. The summed E-state index contributed by atoms with van der Waals surface area (Å²) in [4.78, 5) is 3.93. The van der Waals surface area contributed by atoms with E-state index in [1.54, 1.807) is 12.4 Å². The van der Waals surface area contributed by atoms with Crippen LogP contribution in [0, 0.1) is 0 Å². The lowest BCUT2D eigenvalue weighted by atomic mass is 9.12. The molecule has 0 aliphatic rings. The summed E-state index contributed by atoms with van der Waals surface area (Å²) in [5.74, 6) is 0. The van der Waals surface area contributed by atoms with Crippen LogP contribution >= 0.6 is 11.6 Å². The summed E-state index contributed by atoms with van der Waals surface area (Å²) in [5, 5.41) is 0.649. The van der Waals surface area contributed by atoms with E-state index in [-0.39, 0.29) is 0 Å². The van der Waals surface area contributed by atoms with Crippen LogP contribution in [0.5, 0.6) is 0 Å². The molecule has 1 heterocycles. The number of hydrogen-bond donors (Lipinski definition) is 0. The summed E-state index contributed by atoms with van der Waals surface area (Å²) >= 11 is 5.97. The van der Waals surface area contributed by atoms with Crippen LogP contribution in [0.4, 0.5) is 105 Å². The second-order valence-corrected chi connectivity index (χ2v) is 15.6. The van der Waals surface area contributed by atoms with E-state index in [1.165, 1.54) is 5.56 Å². The van der Waals surface area contributed by atoms with Gasteiger partial charge in [0, 0.05) is 5.56 Å². The number of alkyl halides is 24. The van der Waals surface area contributed by atoms with Gasteiger partial charge < -0.3 is 0 Å². The smallest absolute Gasteiger partial charge is 0.250 e. The van der Waals surface area contributed by atoms with Gasteiger partial charge in [0.05, 0.1) is 50.7 Å². The first-order valence-corrected chi connectivity index (χ1v) is 19.4. The van der Waals surface area contributed by atoms with Crippen molar-refractivity contribution in [1.29, 1.82) is 0 Å². The molecule has 0 saturated carbocycles. The zero-order chi connectivity index (χ0) is 53.7. The number of benzene rings is 5. The van der Waals surface area contributed by atoms with Crippen molar-refractivity contribution >= 4 is 39.6 Å². The number of aromatic nitrogens is 2. The predicted octanol–water partition coefficient (Wildman–Crippen LogP) is 13.3. The van der Waals surface area contributed by atoms with E-state index in [9.17, 15) is 105 Å². The van der Waals surface area contributed by atoms with Gasteiger partial charge in [-0.1, -0.05) is 78.9 Å². The molecule has 0 bridgehead atoms. The fraction of sp³-hybridized carbons (Fsp3) is 0.209. The first-order chi connectivity index (χ1) is 32.1. The topological polar surface area (TPSA) is 16.8 Å². The van der Waals surface area contributed by atoms with Crippen molar-refractivity contribution in [2.75, 3.05) is 0 Å². The molecule has 0 amide bonds. The van der Waals surface area contributed by atoms with Crippen LogP contribution in [-0.4, -0.2) is 11.1 Å². The minimum absolute atomic E-state index is 0.649. The first-order valence-electron chi connectivity index (χ1n) is 19.0. The minimum atomic E-state index is -6.13. The Kier molecular flexibility index (Phi) is 15.0. The highest BCUT2D eigenvalue weighted by Gasteiger charge is 2.47. The maximum absolute atomic E-state index is 14.2. The molecule has 0 unspecified atom stereocenters. The average Bonchev–Trinajstić information content (AvgIpc) is 3.22. The molecule has 0 spiro atoms. The summed E-state index contributed by atoms with van der Waals surface area (Å²) in [5.41, 5.74) is -29.0. The second kappa shape index (κ2) is 19.1. The Labute approximate surface area is 387 Å². The number of nitrogens with zero attached hydrogens (tertiary/aromatic N) is 2. The Balaban J connectivity index is 0.000000569. The molecule has 382 valence electrons. The van der Waals surface area contributed by atoms with Crippen LogP contribution < -0.4 is 26.4 Å². The van der Waals surface area contributed by atoms with Gasteiger partial charge in [0.25, 0.3) is 5.15 Å². The van der Waals surface area contributed by atoms with Crippen molar-refractivity contribution in [2.45, 2.75) is 56.0 Å². The fourth-order valence-corrected chi connectivity index (χ4v) is 7.52. The molecular weight excluding hydrogens is 1050 g/mol. The summed E-state index contributed by atoms with van der Waals surface area (Å²) in [7, 11) is 0. The van der Waals surface area contributed by atoms with Gasteiger partial charge >= 0.3 is 49.4 Å². The Bertz CT molecular complexity index is 2420. The number of halogens is 25. The molecule has 5 aromatic carbocycles. The molecule has 0 radical (unpaired) electrons. The van der Waals surface area contributed by atoms with Gasteiger partial charge in [-0.25, -0.2) is 0 Å². The molecule has 6 rings (SSSR count). The van der Waals surface area contributed by atoms with Crippen molar-refractivity contribution in [3.63, 3.8) is 0 Å². The maximum Gasteiger partial charge on any atom is 0.416 e. The third-order valence-electron chi connectivity index (χ3n) is 10.4. The van der Waals surface area contributed by atoms with Crippen molar-refractivity contribution in [2.24, 2.45) is 0 Å². The van der Waals surface area contributed by atoms with Crippen LogP contribution in [0.2, 0.25) is 5.15 Å². The Morgan fingerprint density at radius 3 is 0.817 bits per heavy atom. The Morgan fingerprint density at radius 2 is 0.606 bits per heavy atom. The van der Waals surface area contributed by atoms with Gasteiger partial charge in [-0.2, -0.15) is 132 Å². The lowest BCUT2D eigenvalue weighted by molar-refractivity contribution is -0.686. The monoisotopic (exact) mass is 1070 g/mol. The van der Waals surface area contributed by atoms with E-state index < -0.39 is 195 Å². The third kappa shape index (κ3) is 13.0. The molecule has 2 nitrogen and oxygen atoms in total. The van der Waals surface area contributed by atoms with E-state index in [4.69, 9.17) is 11.6 Å². The van der Waals surface area contributed by atoms with Crippen LogP contribution in [0.15, 0.2) is 122 Å². The fourth-order valence-electron chi connectivity index (χ4n) is 7.35. The lowest BCUT2D eigenvalue weighted by Crippen LogP contribution is -2.75. The van der Waals surface area contributed by atoms with Gasteiger partial charge in [0.15, 0.2) is 12.7 Å². The zero-order valence-corrected chi connectivity index (χ0v) is 34.9. The first kappa shape index (κ1) is 55.8. The van der Waals surface area contributed by atoms with Gasteiger partial charge in [-0.05, 0) is 35.9 Å². The van der Waals surface area contributed by atoms with Crippen molar-refractivity contribution in [3.8, 4) is 0 Å². The quantitative estimate of drug-likeness (QED) is 0.0923. The Morgan fingerprint density at radius 1 is 0.366 bits per heavy atom. The molecule has 0 atom stereocenters. The lowest BCUT2D eigenvalue weighted by Gasteiger charge is -2.46. The highest BCUT2D eigenvalue weighted by Crippen LogP contribution is 2.41. The van der Waals surface area contributed by atoms with Gasteiger partial charge in [-0.3, -0.25) is 4.98 Å². The van der Waals surface area contributed by atoms with E-state index in [0.717, 1.165) is 6.54 Å². The molecule has 0 aliphatic carbocycles. The van der Waals surface area contributed by atoms with Gasteiger partial charge in [0.2, 0.25) is 0 Å². The normalized spacial score (nSPS) is 13.5. The molecule has 28 heteroatoms. The molecule has 0 aliphatic heterocycles. The van der Waals surface area contributed by atoms with Crippen LogP contribution in [0.1, 0.15) is 50.1 Å².